The summed E-state index contributed by atoms with van der Waals surface area (Å²) >= 11 is 0. The molecule has 0 aliphatic heterocycles. The van der Waals surface area contributed by atoms with E-state index in [0.717, 1.165) is 19.3 Å². The lowest BCUT2D eigenvalue weighted by Gasteiger charge is -2.14. The maximum absolute atomic E-state index is 11.8. The van der Waals surface area contributed by atoms with Gasteiger partial charge < -0.3 is 10.1 Å². The SMILES string of the molecule is CCCCCNC(=O)C(C)Oc1ccc(C(=O)CC)cc1. The highest BCUT2D eigenvalue weighted by Crippen LogP contribution is 2.15. The molecule has 0 radical (unpaired) electrons. The molecule has 1 aromatic carbocycles. The van der Waals surface area contributed by atoms with Crippen molar-refractivity contribution in [2.75, 3.05) is 6.54 Å². The van der Waals surface area contributed by atoms with Gasteiger partial charge in [0.2, 0.25) is 0 Å². The molecule has 0 spiro atoms. The number of carbonyl (C=O) groups is 2. The molecule has 4 nitrogen and oxygen atoms in total. The molecule has 0 heterocycles. The summed E-state index contributed by atoms with van der Waals surface area (Å²) in [5, 5.41) is 2.86. The van der Waals surface area contributed by atoms with Crippen LogP contribution < -0.4 is 10.1 Å². The van der Waals surface area contributed by atoms with Crippen LogP contribution in [-0.2, 0) is 4.79 Å². The Kier molecular flexibility index (Phi) is 7.51. The lowest BCUT2D eigenvalue weighted by Crippen LogP contribution is -2.36. The molecule has 21 heavy (non-hydrogen) atoms. The highest BCUT2D eigenvalue weighted by Gasteiger charge is 2.14. The predicted molar refractivity (Wildman–Crippen MR) is 83.7 cm³/mol. The molecule has 4 heteroatoms. The van der Waals surface area contributed by atoms with Gasteiger partial charge in [-0.2, -0.15) is 0 Å². The van der Waals surface area contributed by atoms with E-state index in [9.17, 15) is 9.59 Å². The number of hydrogen-bond donors (Lipinski definition) is 1. The first-order valence-corrected chi connectivity index (χ1v) is 7.66. The van der Waals surface area contributed by atoms with Crippen LogP contribution in [-0.4, -0.2) is 24.3 Å². The second-order valence-electron chi connectivity index (χ2n) is 5.06. The summed E-state index contributed by atoms with van der Waals surface area (Å²) in [6.07, 6.45) is 3.17. The predicted octanol–water partition coefficient (Wildman–Crippen LogP) is 3.35. The first kappa shape index (κ1) is 17.2. The molecule has 1 unspecified atom stereocenters. The monoisotopic (exact) mass is 291 g/mol. The third-order valence-corrected chi connectivity index (χ3v) is 3.26. The van der Waals surface area contributed by atoms with Gasteiger partial charge in [-0.15, -0.1) is 0 Å². The lowest BCUT2D eigenvalue weighted by atomic mass is 10.1. The van der Waals surface area contributed by atoms with Crippen molar-refractivity contribution in [3.05, 3.63) is 29.8 Å². The first-order chi connectivity index (χ1) is 10.1. The van der Waals surface area contributed by atoms with Gasteiger partial charge in [0.15, 0.2) is 11.9 Å². The van der Waals surface area contributed by atoms with Crippen molar-refractivity contribution in [3.8, 4) is 5.75 Å². The molecule has 0 aliphatic rings. The van der Waals surface area contributed by atoms with Crippen molar-refractivity contribution in [1.29, 1.82) is 0 Å². The van der Waals surface area contributed by atoms with E-state index in [1.807, 2.05) is 6.92 Å². The van der Waals surface area contributed by atoms with Gasteiger partial charge in [0, 0.05) is 18.5 Å². The summed E-state index contributed by atoms with van der Waals surface area (Å²) < 4.78 is 5.58. The van der Waals surface area contributed by atoms with Crippen molar-refractivity contribution in [1.82, 2.24) is 5.32 Å². The fourth-order valence-corrected chi connectivity index (χ4v) is 1.91. The third kappa shape index (κ3) is 5.98. The van der Waals surface area contributed by atoms with E-state index >= 15 is 0 Å². The Balaban J connectivity index is 2.44. The number of hydrogen-bond acceptors (Lipinski definition) is 3. The second-order valence-corrected chi connectivity index (χ2v) is 5.06. The van der Waals surface area contributed by atoms with Gasteiger partial charge in [0.1, 0.15) is 5.75 Å². The zero-order chi connectivity index (χ0) is 15.7. The summed E-state index contributed by atoms with van der Waals surface area (Å²) in [7, 11) is 0. The Morgan fingerprint density at radius 3 is 2.38 bits per heavy atom. The van der Waals surface area contributed by atoms with Crippen LogP contribution in [0.2, 0.25) is 0 Å². The minimum atomic E-state index is -0.542. The van der Waals surface area contributed by atoms with E-state index in [4.69, 9.17) is 4.74 Å². The fourth-order valence-electron chi connectivity index (χ4n) is 1.91. The minimum absolute atomic E-state index is 0.100. The quantitative estimate of drug-likeness (QED) is 0.560. The van der Waals surface area contributed by atoms with Crippen LogP contribution in [0, 0.1) is 0 Å². The average molecular weight is 291 g/mol. The number of amides is 1. The van der Waals surface area contributed by atoms with Crippen molar-refractivity contribution in [2.24, 2.45) is 0 Å². The highest BCUT2D eigenvalue weighted by molar-refractivity contribution is 5.95. The van der Waals surface area contributed by atoms with Crippen LogP contribution in [0.4, 0.5) is 0 Å². The molecule has 1 aromatic rings. The maximum Gasteiger partial charge on any atom is 0.260 e. The summed E-state index contributed by atoms with van der Waals surface area (Å²) in [5.74, 6) is 0.585. The van der Waals surface area contributed by atoms with Gasteiger partial charge in [-0.05, 0) is 37.6 Å². The molecule has 1 amide bonds. The molecule has 0 aliphatic carbocycles. The van der Waals surface area contributed by atoms with Crippen molar-refractivity contribution in [3.63, 3.8) is 0 Å². The van der Waals surface area contributed by atoms with Gasteiger partial charge in [-0.25, -0.2) is 0 Å². The molecule has 116 valence electrons. The number of nitrogens with one attached hydrogen (secondary N) is 1. The molecule has 1 rings (SSSR count). The average Bonchev–Trinajstić information content (AvgIpc) is 2.51. The highest BCUT2D eigenvalue weighted by atomic mass is 16.5. The molecule has 0 saturated heterocycles. The molecule has 1 atom stereocenters. The van der Waals surface area contributed by atoms with Crippen LogP contribution in [0.15, 0.2) is 24.3 Å². The number of benzene rings is 1. The van der Waals surface area contributed by atoms with E-state index in [0.29, 0.717) is 24.3 Å². The number of ether oxygens (including phenoxy) is 1. The normalized spacial score (nSPS) is 11.8. The van der Waals surface area contributed by atoms with Gasteiger partial charge >= 0.3 is 0 Å². The Hall–Kier alpha value is -1.84. The first-order valence-electron chi connectivity index (χ1n) is 7.66. The Labute approximate surface area is 126 Å². The summed E-state index contributed by atoms with van der Waals surface area (Å²) in [5.41, 5.74) is 0.668. The van der Waals surface area contributed by atoms with E-state index in [-0.39, 0.29) is 11.7 Å². The fraction of sp³-hybridized carbons (Fsp3) is 0.529. The Bertz CT molecular complexity index is 454. The van der Waals surface area contributed by atoms with Gasteiger partial charge in [0.25, 0.3) is 5.91 Å². The number of carbonyl (C=O) groups excluding carboxylic acids is 2. The minimum Gasteiger partial charge on any atom is -0.481 e. The Morgan fingerprint density at radius 2 is 1.81 bits per heavy atom. The topological polar surface area (TPSA) is 55.4 Å². The van der Waals surface area contributed by atoms with Gasteiger partial charge in [-0.3, -0.25) is 9.59 Å². The molecule has 0 fully saturated rings. The molecular formula is C17H25NO3. The molecule has 1 N–H and O–H groups in total. The number of rotatable bonds is 9. The van der Waals surface area contributed by atoms with Crippen molar-refractivity contribution >= 4 is 11.7 Å². The number of ketones is 1. The third-order valence-electron chi connectivity index (χ3n) is 3.26. The number of unbranched alkanes of at least 4 members (excludes halogenated alkanes) is 2. The molecule has 0 saturated carbocycles. The summed E-state index contributed by atoms with van der Waals surface area (Å²) in [6.45, 7) is 6.36. The van der Waals surface area contributed by atoms with Crippen molar-refractivity contribution in [2.45, 2.75) is 52.6 Å². The van der Waals surface area contributed by atoms with E-state index in [1.54, 1.807) is 31.2 Å². The second kappa shape index (κ2) is 9.16. The zero-order valence-electron chi connectivity index (χ0n) is 13.1. The molecular weight excluding hydrogens is 266 g/mol. The van der Waals surface area contributed by atoms with E-state index in [1.165, 1.54) is 0 Å². The van der Waals surface area contributed by atoms with Crippen LogP contribution in [0.1, 0.15) is 56.8 Å². The van der Waals surface area contributed by atoms with E-state index in [2.05, 4.69) is 12.2 Å². The smallest absolute Gasteiger partial charge is 0.260 e. The van der Waals surface area contributed by atoms with Gasteiger partial charge in [0.05, 0.1) is 0 Å². The number of Topliss-reactive ketones (excluding diaryl/α,β-unsaturated/α-hetero) is 1. The Morgan fingerprint density at radius 1 is 1.14 bits per heavy atom. The molecule has 0 aromatic heterocycles. The van der Waals surface area contributed by atoms with Gasteiger partial charge in [-0.1, -0.05) is 26.7 Å². The van der Waals surface area contributed by atoms with Crippen LogP contribution in [0.5, 0.6) is 5.75 Å². The molecule has 0 bridgehead atoms. The van der Waals surface area contributed by atoms with Crippen LogP contribution in [0.3, 0.4) is 0 Å². The van der Waals surface area contributed by atoms with Crippen LogP contribution in [0.25, 0.3) is 0 Å². The standard InChI is InChI=1S/C17H25NO3/c1-4-6-7-12-18-17(20)13(3)21-15-10-8-14(9-11-15)16(19)5-2/h8-11,13H,4-7,12H2,1-3H3,(H,18,20). The maximum atomic E-state index is 11.8. The van der Waals surface area contributed by atoms with Crippen LogP contribution >= 0.6 is 0 Å². The lowest BCUT2D eigenvalue weighted by molar-refractivity contribution is -0.127. The summed E-state index contributed by atoms with van der Waals surface area (Å²) in [6, 6.07) is 6.91. The zero-order valence-corrected chi connectivity index (χ0v) is 13.1. The largest absolute Gasteiger partial charge is 0.481 e. The van der Waals surface area contributed by atoms with E-state index < -0.39 is 6.10 Å². The van der Waals surface area contributed by atoms with Crippen molar-refractivity contribution < 1.29 is 14.3 Å². The summed E-state index contributed by atoms with van der Waals surface area (Å²) in [4.78, 5) is 23.4.